The van der Waals surface area contributed by atoms with Crippen molar-refractivity contribution in [3.05, 3.63) is 47.2 Å². The van der Waals surface area contributed by atoms with Crippen LogP contribution in [-0.2, 0) is 15.8 Å². The number of rotatable bonds is 4. The summed E-state index contributed by atoms with van der Waals surface area (Å²) in [5.74, 6) is -0.000915. The summed E-state index contributed by atoms with van der Waals surface area (Å²) in [7, 11) is -3.56. The molecule has 1 aromatic carbocycles. The first kappa shape index (κ1) is 13.1. The van der Waals surface area contributed by atoms with E-state index in [9.17, 15) is 8.42 Å². The monoisotopic (exact) mass is 277 g/mol. The smallest absolute Gasteiger partial charge is 0.238 e. The highest BCUT2D eigenvalue weighted by molar-refractivity contribution is 7.91. The molecule has 0 radical (unpaired) electrons. The van der Waals surface area contributed by atoms with Gasteiger partial charge in [0.25, 0.3) is 0 Å². The summed E-state index contributed by atoms with van der Waals surface area (Å²) in [6.07, 6.45) is 1.36. The van der Waals surface area contributed by atoms with E-state index in [4.69, 9.17) is 5.26 Å². The zero-order chi connectivity index (χ0) is 13.9. The highest BCUT2D eigenvalue weighted by Gasteiger charge is 2.15. The Balaban J connectivity index is 2.13. The van der Waals surface area contributed by atoms with Gasteiger partial charge in [0.1, 0.15) is 6.26 Å². The number of aromatic nitrogens is 1. The van der Waals surface area contributed by atoms with Gasteiger partial charge in [0.05, 0.1) is 17.4 Å². The van der Waals surface area contributed by atoms with E-state index >= 15 is 0 Å². The lowest BCUT2D eigenvalue weighted by molar-refractivity contribution is 0.422. The minimum absolute atomic E-state index is 0.189. The van der Waals surface area contributed by atoms with E-state index in [2.05, 4.69) is 14.4 Å². The van der Waals surface area contributed by atoms with Gasteiger partial charge in [0.2, 0.25) is 10.0 Å². The maximum atomic E-state index is 11.9. The molecule has 7 heteroatoms. The van der Waals surface area contributed by atoms with E-state index in [0.717, 1.165) is 0 Å². The number of anilines is 1. The zero-order valence-electron chi connectivity index (χ0n) is 10.1. The molecule has 0 aliphatic rings. The average molecular weight is 277 g/mol. The first-order valence-corrected chi connectivity index (χ1v) is 7.06. The molecule has 0 amide bonds. The van der Waals surface area contributed by atoms with Crippen LogP contribution in [0.25, 0.3) is 0 Å². The molecule has 6 nitrogen and oxygen atoms in total. The standard InChI is InChI=1S/C12H11N3O3S/c1-9-7-18-14-12(9)15-19(16,17)8-11-4-2-10(6-13)3-5-11/h2-5,7H,8H2,1H3,(H,14,15). The number of sulfonamides is 1. The van der Waals surface area contributed by atoms with Gasteiger partial charge in [-0.1, -0.05) is 17.3 Å². The quantitative estimate of drug-likeness (QED) is 0.919. The third-order valence-electron chi connectivity index (χ3n) is 2.44. The van der Waals surface area contributed by atoms with Gasteiger partial charge >= 0.3 is 0 Å². The molecule has 0 saturated heterocycles. The predicted octanol–water partition coefficient (Wildman–Crippen LogP) is 1.80. The van der Waals surface area contributed by atoms with Gasteiger partial charge in [-0.3, -0.25) is 4.72 Å². The van der Waals surface area contributed by atoms with Gasteiger partial charge in [-0.15, -0.1) is 0 Å². The predicted molar refractivity (Wildman–Crippen MR) is 68.6 cm³/mol. The molecule has 0 aliphatic carbocycles. The highest BCUT2D eigenvalue weighted by atomic mass is 32.2. The Kier molecular flexibility index (Phi) is 3.53. The van der Waals surface area contributed by atoms with Gasteiger partial charge < -0.3 is 4.52 Å². The Bertz CT molecular complexity index is 711. The summed E-state index contributed by atoms with van der Waals surface area (Å²) in [6, 6.07) is 8.33. The molecule has 0 aliphatic heterocycles. The van der Waals surface area contributed by atoms with Crippen molar-refractivity contribution in [1.29, 1.82) is 5.26 Å². The van der Waals surface area contributed by atoms with Gasteiger partial charge in [0, 0.05) is 5.56 Å². The Labute approximate surface area is 110 Å². The molecule has 1 N–H and O–H groups in total. The van der Waals surface area contributed by atoms with Gasteiger partial charge in [-0.2, -0.15) is 5.26 Å². The maximum Gasteiger partial charge on any atom is 0.238 e. The summed E-state index contributed by atoms with van der Waals surface area (Å²) in [5.41, 5.74) is 1.69. The summed E-state index contributed by atoms with van der Waals surface area (Å²) < 4.78 is 30.8. The summed E-state index contributed by atoms with van der Waals surface area (Å²) in [6.45, 7) is 1.69. The Morgan fingerprint density at radius 3 is 2.58 bits per heavy atom. The molecule has 0 atom stereocenters. The molecule has 2 aromatic rings. The number of nitriles is 1. The van der Waals surface area contributed by atoms with Crippen LogP contribution in [0.2, 0.25) is 0 Å². The molecular formula is C12H11N3O3S. The van der Waals surface area contributed by atoms with E-state index in [-0.39, 0.29) is 11.6 Å². The Hall–Kier alpha value is -2.33. The van der Waals surface area contributed by atoms with Crippen molar-refractivity contribution < 1.29 is 12.9 Å². The van der Waals surface area contributed by atoms with Crippen LogP contribution in [0.1, 0.15) is 16.7 Å². The molecule has 1 aromatic heterocycles. The lowest BCUT2D eigenvalue weighted by Crippen LogP contribution is -2.15. The SMILES string of the molecule is Cc1conc1NS(=O)(=O)Cc1ccc(C#N)cc1. The number of nitrogens with zero attached hydrogens (tertiary/aromatic N) is 2. The van der Waals surface area contributed by atoms with Crippen LogP contribution in [0.4, 0.5) is 5.82 Å². The second kappa shape index (κ2) is 5.12. The summed E-state index contributed by atoms with van der Waals surface area (Å²) in [4.78, 5) is 0. The van der Waals surface area contributed by atoms with Crippen molar-refractivity contribution in [2.24, 2.45) is 0 Å². The average Bonchev–Trinajstić information content (AvgIpc) is 2.75. The second-order valence-corrected chi connectivity index (χ2v) is 5.74. The number of hydrogen-bond acceptors (Lipinski definition) is 5. The third-order valence-corrected chi connectivity index (χ3v) is 3.66. The van der Waals surface area contributed by atoms with Gasteiger partial charge in [-0.25, -0.2) is 8.42 Å². The number of nitrogens with one attached hydrogen (secondary N) is 1. The number of aryl methyl sites for hydroxylation is 1. The lowest BCUT2D eigenvalue weighted by Gasteiger charge is -2.05. The molecule has 0 unspecified atom stereocenters. The van der Waals surface area contributed by atoms with Crippen molar-refractivity contribution in [3.8, 4) is 6.07 Å². The minimum atomic E-state index is -3.56. The van der Waals surface area contributed by atoms with E-state index < -0.39 is 10.0 Å². The van der Waals surface area contributed by atoms with Crippen LogP contribution in [-0.4, -0.2) is 13.6 Å². The van der Waals surface area contributed by atoms with E-state index in [1.807, 2.05) is 6.07 Å². The minimum Gasteiger partial charge on any atom is -0.362 e. The first-order chi connectivity index (χ1) is 9.00. The van der Waals surface area contributed by atoms with Crippen molar-refractivity contribution >= 4 is 15.8 Å². The molecule has 0 spiro atoms. The fraction of sp³-hybridized carbons (Fsp3) is 0.167. The normalized spacial score (nSPS) is 10.9. The Morgan fingerprint density at radius 1 is 1.37 bits per heavy atom. The fourth-order valence-electron chi connectivity index (χ4n) is 1.46. The van der Waals surface area contributed by atoms with Crippen LogP contribution in [0.15, 0.2) is 35.1 Å². The van der Waals surface area contributed by atoms with E-state index in [0.29, 0.717) is 16.7 Å². The third kappa shape index (κ3) is 3.33. The fourth-order valence-corrected chi connectivity index (χ4v) is 2.66. The van der Waals surface area contributed by atoms with Crippen molar-refractivity contribution in [3.63, 3.8) is 0 Å². The summed E-state index contributed by atoms with van der Waals surface area (Å²) in [5, 5.41) is 12.2. The van der Waals surface area contributed by atoms with Crippen molar-refractivity contribution in [2.45, 2.75) is 12.7 Å². The molecule has 0 bridgehead atoms. The Morgan fingerprint density at radius 2 is 2.05 bits per heavy atom. The van der Waals surface area contributed by atoms with E-state index in [1.165, 1.54) is 6.26 Å². The maximum absolute atomic E-state index is 11.9. The molecule has 0 saturated carbocycles. The lowest BCUT2D eigenvalue weighted by atomic mass is 10.2. The topological polar surface area (TPSA) is 96.0 Å². The second-order valence-electron chi connectivity index (χ2n) is 4.02. The van der Waals surface area contributed by atoms with E-state index in [1.54, 1.807) is 31.2 Å². The molecule has 2 rings (SSSR count). The van der Waals surface area contributed by atoms with Gasteiger partial charge in [-0.05, 0) is 24.6 Å². The molecule has 19 heavy (non-hydrogen) atoms. The molecular weight excluding hydrogens is 266 g/mol. The van der Waals surface area contributed by atoms with Gasteiger partial charge in [0.15, 0.2) is 5.82 Å². The number of hydrogen-bond donors (Lipinski definition) is 1. The van der Waals surface area contributed by atoms with Crippen LogP contribution in [0, 0.1) is 18.3 Å². The summed E-state index contributed by atoms with van der Waals surface area (Å²) >= 11 is 0. The van der Waals surface area contributed by atoms with Crippen LogP contribution in [0.3, 0.4) is 0 Å². The largest absolute Gasteiger partial charge is 0.362 e. The van der Waals surface area contributed by atoms with Crippen LogP contribution >= 0.6 is 0 Å². The first-order valence-electron chi connectivity index (χ1n) is 5.41. The van der Waals surface area contributed by atoms with Crippen molar-refractivity contribution in [2.75, 3.05) is 4.72 Å². The highest BCUT2D eigenvalue weighted by Crippen LogP contribution is 2.15. The zero-order valence-corrected chi connectivity index (χ0v) is 10.9. The molecule has 98 valence electrons. The van der Waals surface area contributed by atoms with Crippen LogP contribution < -0.4 is 4.72 Å². The molecule has 0 fully saturated rings. The molecule has 1 heterocycles. The number of benzene rings is 1. The van der Waals surface area contributed by atoms with Crippen LogP contribution in [0.5, 0.6) is 0 Å². The van der Waals surface area contributed by atoms with Crippen molar-refractivity contribution in [1.82, 2.24) is 5.16 Å².